The standard InChI is InChI=1S/C10H16N6O3/c17-9(7-16-8-11-12-13-16)15-5-3-14(4-6-15)2-1-10(18)19/h8H,1-7H2,(H,18,19). The molecule has 0 spiro atoms. The van der Waals surface area contributed by atoms with Gasteiger partial charge in [0.15, 0.2) is 0 Å². The summed E-state index contributed by atoms with van der Waals surface area (Å²) in [5, 5.41) is 19.2. The number of piperazine rings is 1. The summed E-state index contributed by atoms with van der Waals surface area (Å²) in [6.07, 6.45) is 1.54. The van der Waals surface area contributed by atoms with E-state index in [2.05, 4.69) is 20.4 Å². The second kappa shape index (κ2) is 6.23. The Balaban J connectivity index is 1.73. The summed E-state index contributed by atoms with van der Waals surface area (Å²) in [5.74, 6) is -0.817. The van der Waals surface area contributed by atoms with Crippen molar-refractivity contribution in [1.29, 1.82) is 0 Å². The molecule has 1 N–H and O–H groups in total. The lowest BCUT2D eigenvalue weighted by Gasteiger charge is -2.34. The van der Waals surface area contributed by atoms with Gasteiger partial charge in [0.1, 0.15) is 12.9 Å². The lowest BCUT2D eigenvalue weighted by molar-refractivity contribution is -0.138. The zero-order valence-electron chi connectivity index (χ0n) is 10.5. The van der Waals surface area contributed by atoms with Gasteiger partial charge in [-0.2, -0.15) is 0 Å². The van der Waals surface area contributed by atoms with Crippen LogP contribution in [0.2, 0.25) is 0 Å². The van der Waals surface area contributed by atoms with Gasteiger partial charge in [-0.05, 0) is 10.4 Å². The van der Waals surface area contributed by atoms with Crippen LogP contribution in [0.15, 0.2) is 6.33 Å². The van der Waals surface area contributed by atoms with Gasteiger partial charge in [0, 0.05) is 32.7 Å². The first-order chi connectivity index (χ1) is 9.15. The molecule has 1 fully saturated rings. The van der Waals surface area contributed by atoms with Crippen molar-refractivity contribution in [2.24, 2.45) is 0 Å². The van der Waals surface area contributed by atoms with Crippen LogP contribution < -0.4 is 0 Å². The molecule has 1 aliphatic rings. The molecule has 0 aliphatic carbocycles. The minimum atomic E-state index is -0.794. The number of hydrogen-bond acceptors (Lipinski definition) is 6. The van der Waals surface area contributed by atoms with E-state index in [-0.39, 0.29) is 18.9 Å². The van der Waals surface area contributed by atoms with Crippen LogP contribution in [0.4, 0.5) is 0 Å². The Morgan fingerprint density at radius 1 is 1.21 bits per heavy atom. The molecule has 19 heavy (non-hydrogen) atoms. The van der Waals surface area contributed by atoms with Gasteiger partial charge < -0.3 is 10.0 Å². The van der Waals surface area contributed by atoms with Crippen molar-refractivity contribution in [3.63, 3.8) is 0 Å². The monoisotopic (exact) mass is 268 g/mol. The fourth-order valence-corrected chi connectivity index (χ4v) is 1.97. The molecular formula is C10H16N6O3. The zero-order valence-corrected chi connectivity index (χ0v) is 10.5. The largest absolute Gasteiger partial charge is 0.481 e. The molecule has 0 saturated carbocycles. The molecule has 2 rings (SSSR count). The molecule has 0 aromatic carbocycles. The maximum Gasteiger partial charge on any atom is 0.304 e. The molecule has 1 amide bonds. The fourth-order valence-electron chi connectivity index (χ4n) is 1.97. The highest BCUT2D eigenvalue weighted by Crippen LogP contribution is 2.03. The predicted octanol–water partition coefficient (Wildman–Crippen LogP) is -1.71. The van der Waals surface area contributed by atoms with Crippen LogP contribution in [-0.2, 0) is 16.1 Å². The highest BCUT2D eigenvalue weighted by Gasteiger charge is 2.21. The summed E-state index contributed by atoms with van der Waals surface area (Å²) in [4.78, 5) is 26.2. The Hall–Kier alpha value is -2.03. The number of aromatic nitrogens is 4. The van der Waals surface area contributed by atoms with Crippen molar-refractivity contribution in [1.82, 2.24) is 30.0 Å². The summed E-state index contributed by atoms with van der Waals surface area (Å²) in [7, 11) is 0. The van der Waals surface area contributed by atoms with Crippen molar-refractivity contribution in [2.45, 2.75) is 13.0 Å². The molecule has 0 unspecified atom stereocenters. The molecule has 104 valence electrons. The van der Waals surface area contributed by atoms with Crippen LogP contribution in [0.1, 0.15) is 6.42 Å². The summed E-state index contributed by atoms with van der Waals surface area (Å²) in [6, 6.07) is 0. The van der Waals surface area contributed by atoms with E-state index >= 15 is 0 Å². The summed E-state index contributed by atoms with van der Waals surface area (Å²) < 4.78 is 1.39. The van der Waals surface area contributed by atoms with Gasteiger partial charge in [-0.3, -0.25) is 14.5 Å². The van der Waals surface area contributed by atoms with Crippen LogP contribution in [0.3, 0.4) is 0 Å². The Labute approximate surface area is 109 Å². The van der Waals surface area contributed by atoms with Gasteiger partial charge in [0.2, 0.25) is 5.91 Å². The van der Waals surface area contributed by atoms with Crippen molar-refractivity contribution in [3.8, 4) is 0 Å². The van der Waals surface area contributed by atoms with E-state index in [1.54, 1.807) is 4.90 Å². The SMILES string of the molecule is O=C(O)CCN1CCN(C(=O)Cn2cnnn2)CC1. The van der Waals surface area contributed by atoms with Crippen LogP contribution >= 0.6 is 0 Å². The highest BCUT2D eigenvalue weighted by atomic mass is 16.4. The van der Waals surface area contributed by atoms with Crippen LogP contribution in [0.25, 0.3) is 0 Å². The smallest absolute Gasteiger partial charge is 0.304 e. The summed E-state index contributed by atoms with van der Waals surface area (Å²) >= 11 is 0. The van der Waals surface area contributed by atoms with E-state index in [9.17, 15) is 9.59 Å². The van der Waals surface area contributed by atoms with Crippen molar-refractivity contribution in [2.75, 3.05) is 32.7 Å². The Morgan fingerprint density at radius 3 is 2.53 bits per heavy atom. The molecule has 9 heteroatoms. The Bertz CT molecular complexity index is 426. The van der Waals surface area contributed by atoms with Crippen molar-refractivity contribution >= 4 is 11.9 Å². The van der Waals surface area contributed by atoms with Gasteiger partial charge in [-0.1, -0.05) is 0 Å². The second-order valence-corrected chi connectivity index (χ2v) is 4.37. The van der Waals surface area contributed by atoms with E-state index in [0.717, 1.165) is 0 Å². The minimum Gasteiger partial charge on any atom is -0.481 e. The molecule has 0 atom stereocenters. The van der Waals surface area contributed by atoms with Crippen LogP contribution in [-0.4, -0.2) is 79.7 Å². The summed E-state index contributed by atoms with van der Waals surface area (Å²) in [5.41, 5.74) is 0. The van der Waals surface area contributed by atoms with Crippen LogP contribution in [0.5, 0.6) is 0 Å². The average molecular weight is 268 g/mol. The van der Waals surface area contributed by atoms with E-state index in [4.69, 9.17) is 5.11 Å². The first-order valence-corrected chi connectivity index (χ1v) is 6.08. The third-order valence-electron chi connectivity index (χ3n) is 3.06. The number of nitrogens with zero attached hydrogens (tertiary/aromatic N) is 6. The molecule has 1 aromatic heterocycles. The van der Waals surface area contributed by atoms with Gasteiger partial charge in [0.05, 0.1) is 6.42 Å². The zero-order chi connectivity index (χ0) is 13.7. The lowest BCUT2D eigenvalue weighted by Crippen LogP contribution is -2.49. The number of rotatable bonds is 5. The number of carbonyl (C=O) groups is 2. The summed E-state index contributed by atoms with van der Waals surface area (Å²) in [6.45, 7) is 3.30. The molecule has 2 heterocycles. The number of aliphatic carboxylic acids is 1. The Kier molecular flexibility index (Phi) is 4.39. The molecule has 1 saturated heterocycles. The van der Waals surface area contributed by atoms with Gasteiger partial charge in [-0.15, -0.1) is 5.10 Å². The third-order valence-corrected chi connectivity index (χ3v) is 3.06. The highest BCUT2D eigenvalue weighted by molar-refractivity contribution is 5.76. The first-order valence-electron chi connectivity index (χ1n) is 6.08. The number of carboxylic acids is 1. The molecule has 1 aliphatic heterocycles. The number of carbonyl (C=O) groups excluding carboxylic acids is 1. The molecule has 1 aromatic rings. The maximum absolute atomic E-state index is 11.9. The first kappa shape index (κ1) is 13.4. The van der Waals surface area contributed by atoms with Gasteiger partial charge >= 0.3 is 5.97 Å². The normalized spacial score (nSPS) is 16.5. The number of hydrogen-bond donors (Lipinski definition) is 1. The lowest BCUT2D eigenvalue weighted by atomic mass is 10.3. The number of tetrazole rings is 1. The predicted molar refractivity (Wildman–Crippen MR) is 63.1 cm³/mol. The average Bonchev–Trinajstić information content (AvgIpc) is 2.89. The quantitative estimate of drug-likeness (QED) is 0.678. The van der Waals surface area contributed by atoms with Crippen molar-refractivity contribution < 1.29 is 14.7 Å². The minimum absolute atomic E-state index is 0.0230. The number of amides is 1. The topological polar surface area (TPSA) is 104 Å². The fraction of sp³-hybridized carbons (Fsp3) is 0.700. The molecular weight excluding hydrogens is 252 g/mol. The van der Waals surface area contributed by atoms with E-state index < -0.39 is 5.97 Å². The maximum atomic E-state index is 11.9. The van der Waals surface area contributed by atoms with E-state index in [1.165, 1.54) is 11.0 Å². The van der Waals surface area contributed by atoms with E-state index in [0.29, 0.717) is 32.7 Å². The molecule has 0 radical (unpaired) electrons. The van der Waals surface area contributed by atoms with E-state index in [1.807, 2.05) is 0 Å². The Morgan fingerprint density at radius 2 is 1.95 bits per heavy atom. The molecule has 9 nitrogen and oxygen atoms in total. The third kappa shape index (κ3) is 3.98. The molecule has 0 bridgehead atoms. The second-order valence-electron chi connectivity index (χ2n) is 4.37. The van der Waals surface area contributed by atoms with Gasteiger partial charge in [-0.25, -0.2) is 4.68 Å². The van der Waals surface area contributed by atoms with Crippen molar-refractivity contribution in [3.05, 3.63) is 6.33 Å². The number of carboxylic acid groups (broad SMARTS) is 1. The van der Waals surface area contributed by atoms with Crippen LogP contribution in [0, 0.1) is 0 Å². The van der Waals surface area contributed by atoms with Gasteiger partial charge in [0.25, 0.3) is 0 Å².